The van der Waals surface area contributed by atoms with Gasteiger partial charge in [0.05, 0.1) is 13.3 Å². The average Bonchev–Trinajstić information content (AvgIpc) is 3.17. The van der Waals surface area contributed by atoms with Gasteiger partial charge in [-0.2, -0.15) is 5.10 Å². The quantitative estimate of drug-likeness (QED) is 0.467. The maximum atomic E-state index is 12.1. The standard InChI is InChI=1S/C18H21N3O3S/c1-20-7-9-21(10-8-20)19-13-14-5-6-15(16(12-14)23-2)24-18(22)17-4-3-11-25-17/h3-6,11-13H,7-10H2,1-2H3/b19-13-. The zero-order chi connectivity index (χ0) is 17.6. The summed E-state index contributed by atoms with van der Waals surface area (Å²) in [5.74, 6) is 0.525. The molecule has 0 atom stereocenters. The van der Waals surface area contributed by atoms with E-state index in [0.717, 1.165) is 31.7 Å². The molecule has 0 spiro atoms. The van der Waals surface area contributed by atoms with Crippen molar-refractivity contribution in [2.75, 3.05) is 40.3 Å². The van der Waals surface area contributed by atoms with Gasteiger partial charge in [-0.25, -0.2) is 4.79 Å². The van der Waals surface area contributed by atoms with Gasteiger partial charge < -0.3 is 14.4 Å². The lowest BCUT2D eigenvalue weighted by Gasteiger charge is -2.30. The minimum absolute atomic E-state index is 0.382. The molecule has 1 aromatic carbocycles. The molecule has 1 fully saturated rings. The minimum atomic E-state index is -0.382. The van der Waals surface area contributed by atoms with Crippen molar-refractivity contribution in [2.45, 2.75) is 0 Å². The lowest BCUT2D eigenvalue weighted by molar-refractivity contribution is 0.0735. The van der Waals surface area contributed by atoms with Crippen LogP contribution < -0.4 is 9.47 Å². The van der Waals surface area contributed by atoms with Crippen molar-refractivity contribution in [3.05, 3.63) is 46.2 Å². The summed E-state index contributed by atoms with van der Waals surface area (Å²) >= 11 is 1.35. The van der Waals surface area contributed by atoms with Gasteiger partial charge in [-0.15, -0.1) is 11.3 Å². The molecule has 0 unspecified atom stereocenters. The highest BCUT2D eigenvalue weighted by molar-refractivity contribution is 7.12. The number of hydrazone groups is 1. The first-order chi connectivity index (χ1) is 12.2. The second kappa shape index (κ2) is 8.13. The number of esters is 1. The van der Waals surface area contributed by atoms with Crippen LogP contribution in [0.5, 0.6) is 11.5 Å². The molecule has 1 aliphatic rings. The van der Waals surface area contributed by atoms with E-state index in [1.165, 1.54) is 11.3 Å². The van der Waals surface area contributed by atoms with Crippen LogP contribution in [-0.4, -0.2) is 62.4 Å². The van der Waals surface area contributed by atoms with Crippen LogP contribution in [0.25, 0.3) is 0 Å². The summed E-state index contributed by atoms with van der Waals surface area (Å²) in [4.78, 5) is 14.9. The van der Waals surface area contributed by atoms with Crippen molar-refractivity contribution in [2.24, 2.45) is 5.10 Å². The number of carbonyl (C=O) groups is 1. The Morgan fingerprint density at radius 1 is 1.20 bits per heavy atom. The Morgan fingerprint density at radius 2 is 2.00 bits per heavy atom. The molecule has 0 N–H and O–H groups in total. The number of nitrogens with zero attached hydrogens (tertiary/aromatic N) is 3. The summed E-state index contributed by atoms with van der Waals surface area (Å²) in [7, 11) is 3.67. The molecule has 0 bridgehead atoms. The van der Waals surface area contributed by atoms with Crippen LogP contribution in [0.4, 0.5) is 0 Å². The van der Waals surface area contributed by atoms with E-state index in [0.29, 0.717) is 16.4 Å². The molecule has 0 saturated carbocycles. The summed E-state index contributed by atoms with van der Waals surface area (Å²) < 4.78 is 10.8. The Morgan fingerprint density at radius 3 is 2.68 bits per heavy atom. The SMILES string of the molecule is COc1cc(/C=N\N2CCN(C)CC2)ccc1OC(=O)c1cccs1. The first-order valence-electron chi connectivity index (χ1n) is 8.07. The maximum Gasteiger partial charge on any atom is 0.353 e. The van der Waals surface area contributed by atoms with Crippen molar-refractivity contribution in [3.8, 4) is 11.5 Å². The van der Waals surface area contributed by atoms with Gasteiger partial charge in [0.15, 0.2) is 11.5 Å². The number of likely N-dealkylation sites (N-methyl/N-ethyl adjacent to an activating group) is 1. The first kappa shape index (κ1) is 17.4. The van der Waals surface area contributed by atoms with Crippen molar-refractivity contribution in [1.29, 1.82) is 0 Å². The maximum absolute atomic E-state index is 12.1. The molecule has 0 aliphatic carbocycles. The number of hydrogen-bond donors (Lipinski definition) is 0. The number of ether oxygens (including phenoxy) is 2. The summed E-state index contributed by atoms with van der Waals surface area (Å²) in [5.41, 5.74) is 0.895. The molecule has 7 heteroatoms. The number of carbonyl (C=O) groups excluding carboxylic acids is 1. The average molecular weight is 359 g/mol. The van der Waals surface area contributed by atoms with Crippen molar-refractivity contribution < 1.29 is 14.3 Å². The van der Waals surface area contributed by atoms with Gasteiger partial charge in [0.1, 0.15) is 4.88 Å². The highest BCUT2D eigenvalue weighted by atomic mass is 32.1. The Hall–Kier alpha value is -2.38. The van der Waals surface area contributed by atoms with Gasteiger partial charge in [0.2, 0.25) is 0 Å². The summed E-state index contributed by atoms with van der Waals surface area (Å²) in [6.07, 6.45) is 1.80. The molecule has 0 radical (unpaired) electrons. The fraction of sp³-hybridized carbons (Fsp3) is 0.333. The van der Waals surface area contributed by atoms with E-state index in [2.05, 4.69) is 22.1 Å². The predicted molar refractivity (Wildman–Crippen MR) is 98.9 cm³/mol. The van der Waals surface area contributed by atoms with Gasteiger partial charge >= 0.3 is 5.97 Å². The van der Waals surface area contributed by atoms with E-state index in [-0.39, 0.29) is 5.97 Å². The third-order valence-electron chi connectivity index (χ3n) is 3.96. The third kappa shape index (κ3) is 4.58. The van der Waals surface area contributed by atoms with E-state index in [9.17, 15) is 4.79 Å². The van der Waals surface area contributed by atoms with Crippen LogP contribution in [0.3, 0.4) is 0 Å². The third-order valence-corrected chi connectivity index (χ3v) is 4.81. The number of hydrogen-bond acceptors (Lipinski definition) is 7. The molecular weight excluding hydrogens is 338 g/mol. The predicted octanol–water partition coefficient (Wildman–Crippen LogP) is 2.56. The smallest absolute Gasteiger partial charge is 0.353 e. The fourth-order valence-corrected chi connectivity index (χ4v) is 3.05. The minimum Gasteiger partial charge on any atom is -0.493 e. The monoisotopic (exact) mass is 359 g/mol. The van der Waals surface area contributed by atoms with Crippen molar-refractivity contribution >= 4 is 23.5 Å². The summed E-state index contributed by atoms with van der Waals surface area (Å²) in [6, 6.07) is 8.96. The molecule has 1 saturated heterocycles. The zero-order valence-electron chi connectivity index (χ0n) is 14.3. The van der Waals surface area contributed by atoms with Crippen LogP contribution in [0, 0.1) is 0 Å². The Labute approximate surface area is 151 Å². The molecule has 3 rings (SSSR count). The zero-order valence-corrected chi connectivity index (χ0v) is 15.2. The summed E-state index contributed by atoms with van der Waals surface area (Å²) in [5, 5.41) is 8.41. The highest BCUT2D eigenvalue weighted by Crippen LogP contribution is 2.28. The molecule has 2 heterocycles. The summed E-state index contributed by atoms with van der Waals surface area (Å²) in [6.45, 7) is 3.86. The second-order valence-electron chi connectivity index (χ2n) is 5.78. The van der Waals surface area contributed by atoms with Crippen molar-refractivity contribution in [1.82, 2.24) is 9.91 Å². The molecule has 0 amide bonds. The number of benzene rings is 1. The molecule has 132 valence electrons. The van der Waals surface area contributed by atoms with Gasteiger partial charge in [-0.1, -0.05) is 6.07 Å². The molecular formula is C18H21N3O3S. The fourth-order valence-electron chi connectivity index (χ4n) is 2.45. The van der Waals surface area contributed by atoms with E-state index >= 15 is 0 Å². The van der Waals surface area contributed by atoms with Crippen LogP contribution in [0.1, 0.15) is 15.2 Å². The van der Waals surface area contributed by atoms with E-state index in [1.807, 2.05) is 23.6 Å². The van der Waals surface area contributed by atoms with Crippen molar-refractivity contribution in [3.63, 3.8) is 0 Å². The normalized spacial score (nSPS) is 15.5. The molecule has 1 aromatic heterocycles. The largest absolute Gasteiger partial charge is 0.493 e. The lowest BCUT2D eigenvalue weighted by atomic mass is 10.2. The molecule has 1 aliphatic heterocycles. The van der Waals surface area contributed by atoms with E-state index in [4.69, 9.17) is 9.47 Å². The number of rotatable bonds is 5. The van der Waals surface area contributed by atoms with Crippen LogP contribution in [-0.2, 0) is 0 Å². The number of piperazine rings is 1. The van der Waals surface area contributed by atoms with Crippen LogP contribution >= 0.6 is 11.3 Å². The number of methoxy groups -OCH3 is 1. The Balaban J connectivity index is 1.68. The van der Waals surface area contributed by atoms with Gasteiger partial charge in [-0.3, -0.25) is 5.01 Å². The van der Waals surface area contributed by atoms with Gasteiger partial charge in [0, 0.05) is 26.2 Å². The number of thiophene rings is 1. The molecule has 2 aromatic rings. The van der Waals surface area contributed by atoms with E-state index < -0.39 is 0 Å². The molecule has 25 heavy (non-hydrogen) atoms. The Kier molecular flexibility index (Phi) is 5.67. The molecule has 6 nitrogen and oxygen atoms in total. The van der Waals surface area contributed by atoms with E-state index in [1.54, 1.807) is 25.5 Å². The topological polar surface area (TPSA) is 54.4 Å². The van der Waals surface area contributed by atoms with Crippen LogP contribution in [0.15, 0.2) is 40.8 Å². The lowest BCUT2D eigenvalue weighted by Crippen LogP contribution is -2.41. The van der Waals surface area contributed by atoms with Gasteiger partial charge in [0.25, 0.3) is 0 Å². The van der Waals surface area contributed by atoms with Gasteiger partial charge in [-0.05, 0) is 42.3 Å². The Bertz CT molecular complexity index is 738. The second-order valence-corrected chi connectivity index (χ2v) is 6.73. The van der Waals surface area contributed by atoms with Crippen LogP contribution in [0.2, 0.25) is 0 Å². The highest BCUT2D eigenvalue weighted by Gasteiger charge is 2.14. The first-order valence-corrected chi connectivity index (χ1v) is 8.95.